The third-order valence-electron chi connectivity index (χ3n) is 9.29. The highest BCUT2D eigenvalue weighted by Crippen LogP contribution is 2.51. The topological polar surface area (TPSA) is 129 Å². The fourth-order valence-corrected chi connectivity index (χ4v) is 7.24. The molecular formula is C31H44N2O7. The third-order valence-corrected chi connectivity index (χ3v) is 9.29. The van der Waals surface area contributed by atoms with Crippen LogP contribution in [0, 0.1) is 11.8 Å². The van der Waals surface area contributed by atoms with E-state index in [0.29, 0.717) is 53.0 Å². The van der Waals surface area contributed by atoms with Gasteiger partial charge in [-0.3, -0.25) is 9.59 Å². The van der Waals surface area contributed by atoms with Crippen molar-refractivity contribution in [2.24, 2.45) is 11.8 Å². The van der Waals surface area contributed by atoms with Crippen LogP contribution in [0.5, 0.6) is 11.5 Å². The van der Waals surface area contributed by atoms with Gasteiger partial charge in [0.2, 0.25) is 11.8 Å². The molecule has 1 aromatic carbocycles. The van der Waals surface area contributed by atoms with E-state index in [1.54, 1.807) is 18.2 Å². The molecule has 4 aliphatic rings. The molecule has 1 aliphatic heterocycles. The number of benzene rings is 1. The molecule has 0 aromatic heterocycles. The highest BCUT2D eigenvalue weighted by Gasteiger charge is 2.51. The van der Waals surface area contributed by atoms with E-state index in [0.717, 1.165) is 51.4 Å². The Morgan fingerprint density at radius 1 is 1.05 bits per heavy atom. The molecule has 9 heteroatoms. The van der Waals surface area contributed by atoms with Gasteiger partial charge in [0, 0.05) is 30.6 Å². The van der Waals surface area contributed by atoms with Crippen molar-refractivity contribution >= 4 is 11.8 Å². The summed E-state index contributed by atoms with van der Waals surface area (Å²) in [6, 6.07) is 2.76. The average molecular weight is 557 g/mol. The van der Waals surface area contributed by atoms with Crippen molar-refractivity contribution in [1.29, 1.82) is 0 Å². The smallest absolute Gasteiger partial charge is 0.247 e. The van der Waals surface area contributed by atoms with Crippen LogP contribution in [0.15, 0.2) is 23.8 Å². The summed E-state index contributed by atoms with van der Waals surface area (Å²) in [5.41, 5.74) is 1.66. The Balaban J connectivity index is 1.53. The van der Waals surface area contributed by atoms with Crippen LogP contribution < -0.4 is 14.8 Å². The van der Waals surface area contributed by atoms with Crippen LogP contribution in [0.3, 0.4) is 0 Å². The van der Waals surface area contributed by atoms with E-state index in [4.69, 9.17) is 9.47 Å². The molecule has 40 heavy (non-hydrogen) atoms. The normalized spacial score (nSPS) is 26.4. The van der Waals surface area contributed by atoms with Crippen LogP contribution >= 0.6 is 0 Å². The number of hydrogen-bond donors (Lipinski definition) is 4. The summed E-state index contributed by atoms with van der Waals surface area (Å²) in [5.74, 6) is 0.632. The number of amides is 2. The summed E-state index contributed by atoms with van der Waals surface area (Å²) >= 11 is 0. The first-order valence-electron chi connectivity index (χ1n) is 15.0. The second-order valence-corrected chi connectivity index (χ2v) is 11.9. The summed E-state index contributed by atoms with van der Waals surface area (Å²) in [4.78, 5) is 29.3. The molecule has 4 atom stereocenters. The molecule has 0 unspecified atom stereocenters. The molecule has 0 saturated heterocycles. The number of nitrogens with zero attached hydrogens (tertiary/aromatic N) is 1. The second kappa shape index (κ2) is 12.9. The molecule has 2 amide bonds. The number of carbonyl (C=O) groups excluding carboxylic acids is 2. The van der Waals surface area contributed by atoms with E-state index >= 15 is 0 Å². The minimum Gasteiger partial charge on any atom is -0.493 e. The number of rotatable bonds is 10. The molecule has 0 bridgehead atoms. The number of nitrogens with one attached hydrogen (secondary N) is 1. The molecule has 5 rings (SSSR count). The van der Waals surface area contributed by atoms with Crippen molar-refractivity contribution in [2.75, 3.05) is 26.8 Å². The van der Waals surface area contributed by atoms with Crippen molar-refractivity contribution < 1.29 is 34.4 Å². The van der Waals surface area contributed by atoms with E-state index in [-0.39, 0.29) is 31.6 Å². The zero-order chi connectivity index (χ0) is 28.2. The lowest BCUT2D eigenvalue weighted by Gasteiger charge is -2.42. The van der Waals surface area contributed by atoms with Crippen molar-refractivity contribution in [3.05, 3.63) is 34.9 Å². The first-order valence-corrected chi connectivity index (χ1v) is 15.0. The third kappa shape index (κ3) is 5.87. The SMILES string of the molecule is COc1cc(CO)cc2c1O[C@@H]1[C@@H](O)[C@H](N(CC3CCCCC3)C(=O)CC3CCCC3)C=C(C(=O)NCCO)[C@H]21. The predicted octanol–water partition coefficient (Wildman–Crippen LogP) is 2.80. The Hall–Kier alpha value is -2.62. The van der Waals surface area contributed by atoms with Gasteiger partial charge < -0.3 is 35.0 Å². The van der Waals surface area contributed by atoms with E-state index < -0.39 is 24.2 Å². The quantitative estimate of drug-likeness (QED) is 0.349. The number of aliphatic hydroxyl groups excluding tert-OH is 3. The van der Waals surface area contributed by atoms with Crippen LogP contribution in [0.25, 0.3) is 0 Å². The van der Waals surface area contributed by atoms with Crippen LogP contribution in [-0.2, 0) is 16.2 Å². The standard InChI is InChI=1S/C31H44N2O7/c1-39-25-14-21(18-35)13-22-27-23(31(38)32-11-12-34)16-24(28(37)30(27)40-29(22)25)33(17-20-9-3-2-4-10-20)26(36)15-19-7-5-6-8-19/h13-14,16,19-20,24,27-28,30,34-35,37H,2-12,15,17-18H2,1H3,(H,32,38)/t24-,27+,28+,30+/m1/s1. The fraction of sp³-hybridized carbons (Fsp3) is 0.677. The first kappa shape index (κ1) is 28.9. The van der Waals surface area contributed by atoms with Gasteiger partial charge in [0.15, 0.2) is 11.5 Å². The molecule has 1 heterocycles. The summed E-state index contributed by atoms with van der Waals surface area (Å²) in [7, 11) is 1.51. The lowest BCUT2D eigenvalue weighted by atomic mass is 9.76. The summed E-state index contributed by atoms with van der Waals surface area (Å²) in [6.07, 6.45) is 10.3. The predicted molar refractivity (Wildman–Crippen MR) is 149 cm³/mol. The van der Waals surface area contributed by atoms with Gasteiger partial charge in [-0.15, -0.1) is 0 Å². The van der Waals surface area contributed by atoms with Gasteiger partial charge in [0.1, 0.15) is 12.2 Å². The number of methoxy groups -OCH3 is 1. The lowest BCUT2D eigenvalue weighted by molar-refractivity contribution is -0.139. The number of fused-ring (bicyclic) bond motifs is 3. The van der Waals surface area contributed by atoms with Crippen molar-refractivity contribution in [2.45, 2.75) is 95.0 Å². The fourth-order valence-electron chi connectivity index (χ4n) is 7.24. The number of ether oxygens (including phenoxy) is 2. The maximum absolute atomic E-state index is 13.9. The van der Waals surface area contributed by atoms with Gasteiger partial charge in [0.25, 0.3) is 0 Å². The van der Waals surface area contributed by atoms with Crippen LogP contribution in [0.1, 0.15) is 81.3 Å². The average Bonchev–Trinajstić information content (AvgIpc) is 3.63. The molecular weight excluding hydrogens is 512 g/mol. The van der Waals surface area contributed by atoms with E-state index in [2.05, 4.69) is 5.32 Å². The zero-order valence-corrected chi connectivity index (χ0v) is 23.5. The number of aliphatic hydroxyl groups is 3. The summed E-state index contributed by atoms with van der Waals surface area (Å²) in [6.45, 7) is 0.216. The Labute approximate surface area is 236 Å². The van der Waals surface area contributed by atoms with Crippen molar-refractivity contribution in [3.8, 4) is 11.5 Å². The van der Waals surface area contributed by atoms with Gasteiger partial charge in [-0.2, -0.15) is 0 Å². The highest BCUT2D eigenvalue weighted by molar-refractivity contribution is 5.96. The summed E-state index contributed by atoms with van der Waals surface area (Å²) in [5, 5.41) is 33.9. The molecule has 220 valence electrons. The molecule has 2 saturated carbocycles. The molecule has 9 nitrogen and oxygen atoms in total. The van der Waals surface area contributed by atoms with E-state index in [1.165, 1.54) is 13.5 Å². The van der Waals surface area contributed by atoms with Crippen LogP contribution in [0.4, 0.5) is 0 Å². The van der Waals surface area contributed by atoms with E-state index in [9.17, 15) is 24.9 Å². The van der Waals surface area contributed by atoms with Crippen LogP contribution in [-0.4, -0.2) is 77.1 Å². The van der Waals surface area contributed by atoms with Gasteiger partial charge >= 0.3 is 0 Å². The molecule has 1 aromatic rings. The summed E-state index contributed by atoms with van der Waals surface area (Å²) < 4.78 is 11.9. The Bertz CT molecular complexity index is 1090. The zero-order valence-electron chi connectivity index (χ0n) is 23.5. The molecule has 2 fully saturated rings. The highest BCUT2D eigenvalue weighted by atomic mass is 16.5. The van der Waals surface area contributed by atoms with E-state index in [1.807, 2.05) is 4.90 Å². The van der Waals surface area contributed by atoms with Crippen molar-refractivity contribution in [3.63, 3.8) is 0 Å². The minimum atomic E-state index is -1.06. The molecule has 0 radical (unpaired) electrons. The first-order chi connectivity index (χ1) is 19.4. The second-order valence-electron chi connectivity index (χ2n) is 11.9. The number of hydrogen-bond acceptors (Lipinski definition) is 7. The molecule has 3 aliphatic carbocycles. The van der Waals surface area contributed by atoms with Gasteiger partial charge in [-0.05, 0) is 61.3 Å². The molecule has 4 N–H and O–H groups in total. The van der Waals surface area contributed by atoms with Crippen LogP contribution in [0.2, 0.25) is 0 Å². The van der Waals surface area contributed by atoms with Gasteiger partial charge in [-0.25, -0.2) is 0 Å². The Morgan fingerprint density at radius 3 is 2.42 bits per heavy atom. The maximum atomic E-state index is 13.9. The number of carbonyl (C=O) groups is 2. The van der Waals surface area contributed by atoms with Gasteiger partial charge in [0.05, 0.1) is 32.3 Å². The maximum Gasteiger partial charge on any atom is 0.247 e. The Morgan fingerprint density at radius 2 is 1.75 bits per heavy atom. The Kier molecular flexibility index (Phi) is 9.33. The van der Waals surface area contributed by atoms with Gasteiger partial charge in [-0.1, -0.05) is 32.1 Å². The monoisotopic (exact) mass is 556 g/mol. The largest absolute Gasteiger partial charge is 0.493 e. The van der Waals surface area contributed by atoms with Crippen molar-refractivity contribution in [1.82, 2.24) is 10.2 Å². The lowest BCUT2D eigenvalue weighted by Crippen LogP contribution is -2.56. The minimum absolute atomic E-state index is 0.0296. The molecule has 0 spiro atoms.